The van der Waals surface area contributed by atoms with Crippen molar-refractivity contribution in [1.82, 2.24) is 0 Å². The van der Waals surface area contributed by atoms with E-state index in [1.54, 1.807) is 6.92 Å². The molecule has 0 aliphatic heterocycles. The van der Waals surface area contributed by atoms with Crippen molar-refractivity contribution in [3.8, 4) is 0 Å². The van der Waals surface area contributed by atoms with E-state index in [0.29, 0.717) is 0 Å². The summed E-state index contributed by atoms with van der Waals surface area (Å²) in [7, 11) is 0. The summed E-state index contributed by atoms with van der Waals surface area (Å²) in [5.74, 6) is -1.59. The van der Waals surface area contributed by atoms with E-state index < -0.39 is 30.2 Å². The predicted molar refractivity (Wildman–Crippen MR) is 65.8 cm³/mol. The standard InChI is InChI=1S/C13H12F3NO3/c1-2-5-12(19)20-8-11(18)17-10-7-4-3-6-9(10)13(14,15)16/h2-7H,8H2,1H3,(H,17,18)/b5-2+. The number of benzene rings is 1. The Morgan fingerprint density at radius 2 is 1.95 bits per heavy atom. The molecular weight excluding hydrogens is 275 g/mol. The third-order valence-electron chi connectivity index (χ3n) is 2.15. The SMILES string of the molecule is C/C=C/C(=O)OCC(=O)Nc1ccccc1C(F)(F)F. The number of rotatable bonds is 4. The molecule has 1 amide bonds. The molecule has 20 heavy (non-hydrogen) atoms. The van der Waals surface area contributed by atoms with E-state index in [9.17, 15) is 22.8 Å². The Balaban J connectivity index is 2.70. The summed E-state index contributed by atoms with van der Waals surface area (Å²) < 4.78 is 42.5. The fraction of sp³-hybridized carbons (Fsp3) is 0.231. The van der Waals surface area contributed by atoms with Crippen molar-refractivity contribution < 1.29 is 27.5 Å². The molecule has 0 aliphatic carbocycles. The van der Waals surface area contributed by atoms with Gasteiger partial charge in [0, 0.05) is 6.08 Å². The third-order valence-corrected chi connectivity index (χ3v) is 2.15. The Bertz CT molecular complexity index is 524. The summed E-state index contributed by atoms with van der Waals surface area (Å²) >= 11 is 0. The first-order valence-corrected chi connectivity index (χ1v) is 5.60. The van der Waals surface area contributed by atoms with Gasteiger partial charge in [-0.25, -0.2) is 4.79 Å². The van der Waals surface area contributed by atoms with E-state index in [4.69, 9.17) is 0 Å². The van der Waals surface area contributed by atoms with Gasteiger partial charge in [-0.2, -0.15) is 13.2 Å². The minimum absolute atomic E-state index is 0.382. The second kappa shape index (κ2) is 6.74. The quantitative estimate of drug-likeness (QED) is 0.684. The Kier molecular flexibility index (Phi) is 5.31. The van der Waals surface area contributed by atoms with Gasteiger partial charge in [-0.1, -0.05) is 18.2 Å². The zero-order chi connectivity index (χ0) is 15.2. The van der Waals surface area contributed by atoms with Crippen molar-refractivity contribution in [1.29, 1.82) is 0 Å². The molecule has 0 fully saturated rings. The summed E-state index contributed by atoms with van der Waals surface area (Å²) in [6, 6.07) is 4.54. The number of nitrogens with one attached hydrogen (secondary N) is 1. The first-order valence-electron chi connectivity index (χ1n) is 5.60. The van der Waals surface area contributed by atoms with E-state index in [-0.39, 0.29) is 5.69 Å². The Morgan fingerprint density at radius 3 is 2.55 bits per heavy atom. The lowest BCUT2D eigenvalue weighted by Gasteiger charge is -2.13. The number of carbonyl (C=O) groups is 2. The Labute approximate surface area is 113 Å². The highest BCUT2D eigenvalue weighted by atomic mass is 19.4. The molecule has 4 nitrogen and oxygen atoms in total. The molecule has 0 radical (unpaired) electrons. The van der Waals surface area contributed by atoms with E-state index in [2.05, 4.69) is 10.1 Å². The third kappa shape index (κ3) is 4.75. The van der Waals surface area contributed by atoms with Gasteiger partial charge in [0.2, 0.25) is 0 Å². The number of amides is 1. The molecule has 1 aromatic carbocycles. The van der Waals surface area contributed by atoms with Gasteiger partial charge in [-0.05, 0) is 19.1 Å². The molecule has 1 aromatic rings. The van der Waals surface area contributed by atoms with E-state index in [0.717, 1.165) is 18.2 Å². The molecule has 0 atom stereocenters. The van der Waals surface area contributed by atoms with Gasteiger partial charge in [-0.15, -0.1) is 0 Å². The number of allylic oxidation sites excluding steroid dienone is 1. The average Bonchev–Trinajstić information content (AvgIpc) is 2.36. The second-order valence-corrected chi connectivity index (χ2v) is 3.70. The van der Waals surface area contributed by atoms with Crippen LogP contribution in [0.5, 0.6) is 0 Å². The maximum absolute atomic E-state index is 12.7. The largest absolute Gasteiger partial charge is 0.452 e. The van der Waals surface area contributed by atoms with E-state index in [1.807, 2.05) is 0 Å². The first kappa shape index (κ1) is 15.7. The van der Waals surface area contributed by atoms with Crippen molar-refractivity contribution in [2.24, 2.45) is 0 Å². The van der Waals surface area contributed by atoms with E-state index >= 15 is 0 Å². The highest BCUT2D eigenvalue weighted by Gasteiger charge is 2.33. The molecule has 0 aliphatic rings. The molecular formula is C13H12F3NO3. The molecule has 0 aromatic heterocycles. The van der Waals surface area contributed by atoms with Crippen LogP contribution in [0.2, 0.25) is 0 Å². The highest BCUT2D eigenvalue weighted by molar-refractivity contribution is 5.94. The monoisotopic (exact) mass is 287 g/mol. The second-order valence-electron chi connectivity index (χ2n) is 3.70. The molecule has 0 bridgehead atoms. The zero-order valence-electron chi connectivity index (χ0n) is 10.5. The summed E-state index contributed by atoms with van der Waals surface area (Å²) in [5, 5.41) is 2.05. The number of carbonyl (C=O) groups excluding carboxylic acids is 2. The van der Waals surface area contributed by atoms with Gasteiger partial charge in [0.05, 0.1) is 11.3 Å². The fourth-order valence-electron chi connectivity index (χ4n) is 1.35. The van der Waals surface area contributed by atoms with Crippen LogP contribution in [0.3, 0.4) is 0 Å². The van der Waals surface area contributed by atoms with Crippen LogP contribution >= 0.6 is 0 Å². The van der Waals surface area contributed by atoms with Crippen LogP contribution in [0.4, 0.5) is 18.9 Å². The van der Waals surface area contributed by atoms with Gasteiger partial charge < -0.3 is 10.1 Å². The normalized spacial score (nSPS) is 11.4. The number of hydrogen-bond acceptors (Lipinski definition) is 3. The van der Waals surface area contributed by atoms with Gasteiger partial charge in [0.25, 0.3) is 5.91 Å². The number of ether oxygens (including phenoxy) is 1. The maximum Gasteiger partial charge on any atom is 0.418 e. The minimum atomic E-state index is -4.58. The van der Waals surface area contributed by atoms with Gasteiger partial charge in [0.1, 0.15) is 0 Å². The summed E-state index contributed by atoms with van der Waals surface area (Å²) in [6.07, 6.45) is -2.07. The zero-order valence-corrected chi connectivity index (χ0v) is 10.5. The number of esters is 1. The summed E-state index contributed by atoms with van der Waals surface area (Å²) in [6.45, 7) is 0.927. The summed E-state index contributed by atoms with van der Waals surface area (Å²) in [5.41, 5.74) is -1.35. The van der Waals surface area contributed by atoms with Crippen molar-refractivity contribution in [2.75, 3.05) is 11.9 Å². The van der Waals surface area contributed by atoms with Crippen molar-refractivity contribution >= 4 is 17.6 Å². The van der Waals surface area contributed by atoms with Gasteiger partial charge in [0.15, 0.2) is 6.61 Å². The fourth-order valence-corrected chi connectivity index (χ4v) is 1.35. The molecule has 0 spiro atoms. The molecule has 7 heteroatoms. The highest BCUT2D eigenvalue weighted by Crippen LogP contribution is 2.34. The van der Waals surface area contributed by atoms with Crippen LogP contribution in [0.1, 0.15) is 12.5 Å². The van der Waals surface area contributed by atoms with Gasteiger partial charge in [-0.3, -0.25) is 4.79 Å². The lowest BCUT2D eigenvalue weighted by Crippen LogP contribution is -2.22. The first-order chi connectivity index (χ1) is 9.34. The molecule has 1 rings (SSSR count). The number of alkyl halides is 3. The van der Waals surface area contributed by atoms with Crippen LogP contribution in [-0.2, 0) is 20.5 Å². The molecule has 0 saturated heterocycles. The number of halogens is 3. The van der Waals surface area contributed by atoms with Crippen LogP contribution in [-0.4, -0.2) is 18.5 Å². The average molecular weight is 287 g/mol. The molecule has 108 valence electrons. The smallest absolute Gasteiger partial charge is 0.418 e. The Morgan fingerprint density at radius 1 is 1.30 bits per heavy atom. The number of hydrogen-bond donors (Lipinski definition) is 1. The molecule has 0 unspecified atom stereocenters. The van der Waals surface area contributed by atoms with Crippen LogP contribution in [0.15, 0.2) is 36.4 Å². The molecule has 0 saturated carbocycles. The van der Waals surface area contributed by atoms with Crippen molar-refractivity contribution in [3.05, 3.63) is 42.0 Å². The van der Waals surface area contributed by atoms with Crippen LogP contribution in [0.25, 0.3) is 0 Å². The van der Waals surface area contributed by atoms with E-state index in [1.165, 1.54) is 18.2 Å². The molecule has 1 N–H and O–H groups in total. The number of para-hydroxylation sites is 1. The van der Waals surface area contributed by atoms with Crippen LogP contribution in [0, 0.1) is 0 Å². The lowest BCUT2D eigenvalue weighted by molar-refractivity contribution is -0.142. The maximum atomic E-state index is 12.7. The minimum Gasteiger partial charge on any atom is -0.452 e. The van der Waals surface area contributed by atoms with Crippen molar-refractivity contribution in [3.63, 3.8) is 0 Å². The topological polar surface area (TPSA) is 55.4 Å². The van der Waals surface area contributed by atoms with Gasteiger partial charge >= 0.3 is 12.1 Å². The lowest BCUT2D eigenvalue weighted by atomic mass is 10.1. The van der Waals surface area contributed by atoms with Crippen molar-refractivity contribution in [2.45, 2.75) is 13.1 Å². The Hall–Kier alpha value is -2.31. The number of anilines is 1. The van der Waals surface area contributed by atoms with Crippen LogP contribution < -0.4 is 5.32 Å². The predicted octanol–water partition coefficient (Wildman–Crippen LogP) is 2.76. The summed E-state index contributed by atoms with van der Waals surface area (Å²) in [4.78, 5) is 22.4. The molecule has 0 heterocycles.